The minimum absolute atomic E-state index is 0.00990. The summed E-state index contributed by atoms with van der Waals surface area (Å²) < 4.78 is 0. The van der Waals surface area contributed by atoms with Gasteiger partial charge in [0.25, 0.3) is 5.91 Å². The molecule has 2 rings (SSSR count). The van der Waals surface area contributed by atoms with Crippen LogP contribution in [-0.4, -0.2) is 40.1 Å². The quantitative estimate of drug-likeness (QED) is 0.693. The largest absolute Gasteiger partial charge is 0.476 e. The Morgan fingerprint density at radius 3 is 2.85 bits per heavy atom. The van der Waals surface area contributed by atoms with Gasteiger partial charge in [-0.3, -0.25) is 9.59 Å². The number of nitrogens with one attached hydrogen (secondary N) is 2. The number of hydrogen-bond acceptors (Lipinski definition) is 6. The lowest BCUT2D eigenvalue weighted by Gasteiger charge is -2.11. The SMILES string of the molecule is O=C1CCC(C(=O)NCCc2nc(C(=O)O)cs2)=NN1. The van der Waals surface area contributed by atoms with E-state index in [2.05, 4.69) is 20.8 Å². The van der Waals surface area contributed by atoms with Gasteiger partial charge in [-0.1, -0.05) is 0 Å². The maximum absolute atomic E-state index is 11.7. The van der Waals surface area contributed by atoms with Gasteiger partial charge in [-0.2, -0.15) is 5.10 Å². The summed E-state index contributed by atoms with van der Waals surface area (Å²) in [4.78, 5) is 37.2. The van der Waals surface area contributed by atoms with Crippen LogP contribution in [0, 0.1) is 0 Å². The highest BCUT2D eigenvalue weighted by molar-refractivity contribution is 7.09. The lowest BCUT2D eigenvalue weighted by Crippen LogP contribution is -2.37. The zero-order valence-electron chi connectivity index (χ0n) is 10.4. The molecule has 0 aliphatic carbocycles. The van der Waals surface area contributed by atoms with Gasteiger partial charge in [0.1, 0.15) is 5.71 Å². The number of rotatable bonds is 5. The fourth-order valence-corrected chi connectivity index (χ4v) is 2.32. The maximum atomic E-state index is 11.7. The van der Waals surface area contributed by atoms with Crippen LogP contribution in [-0.2, 0) is 16.0 Å². The highest BCUT2D eigenvalue weighted by atomic mass is 32.1. The first kappa shape index (κ1) is 14.1. The smallest absolute Gasteiger partial charge is 0.355 e. The third-order valence-corrected chi connectivity index (χ3v) is 3.47. The lowest BCUT2D eigenvalue weighted by atomic mass is 10.1. The van der Waals surface area contributed by atoms with Gasteiger partial charge in [-0.25, -0.2) is 15.2 Å². The number of carboxylic acids is 1. The van der Waals surface area contributed by atoms with Crippen LogP contribution in [0.15, 0.2) is 10.5 Å². The van der Waals surface area contributed by atoms with E-state index in [1.807, 2.05) is 0 Å². The second-order valence-electron chi connectivity index (χ2n) is 4.03. The van der Waals surface area contributed by atoms with Crippen LogP contribution in [0.2, 0.25) is 0 Å². The molecule has 1 aliphatic heterocycles. The summed E-state index contributed by atoms with van der Waals surface area (Å²) in [7, 11) is 0. The topological polar surface area (TPSA) is 121 Å². The fourth-order valence-electron chi connectivity index (χ4n) is 1.55. The number of aromatic carboxylic acids is 1. The van der Waals surface area contributed by atoms with Crippen molar-refractivity contribution in [3.8, 4) is 0 Å². The molecule has 2 amide bonds. The molecule has 2 heterocycles. The number of carbonyl (C=O) groups is 3. The van der Waals surface area contributed by atoms with Gasteiger partial charge < -0.3 is 10.4 Å². The zero-order valence-corrected chi connectivity index (χ0v) is 11.2. The van der Waals surface area contributed by atoms with E-state index in [0.29, 0.717) is 24.4 Å². The Morgan fingerprint density at radius 1 is 1.45 bits per heavy atom. The summed E-state index contributed by atoms with van der Waals surface area (Å²) in [5.74, 6) is -1.60. The molecule has 0 spiro atoms. The average molecular weight is 296 g/mol. The van der Waals surface area contributed by atoms with Gasteiger partial charge in [0.2, 0.25) is 5.91 Å². The van der Waals surface area contributed by atoms with E-state index in [0.717, 1.165) is 0 Å². The summed E-state index contributed by atoms with van der Waals surface area (Å²) in [6, 6.07) is 0. The fraction of sp³-hybridized carbons (Fsp3) is 0.364. The minimum Gasteiger partial charge on any atom is -0.476 e. The van der Waals surface area contributed by atoms with E-state index in [4.69, 9.17) is 5.11 Å². The van der Waals surface area contributed by atoms with Crippen LogP contribution >= 0.6 is 11.3 Å². The van der Waals surface area contributed by atoms with Crippen molar-refractivity contribution in [3.63, 3.8) is 0 Å². The highest BCUT2D eigenvalue weighted by Crippen LogP contribution is 2.10. The second kappa shape index (κ2) is 6.24. The minimum atomic E-state index is -1.07. The van der Waals surface area contributed by atoms with Crippen molar-refractivity contribution in [1.82, 2.24) is 15.7 Å². The van der Waals surface area contributed by atoms with Gasteiger partial charge in [-0.05, 0) is 0 Å². The first-order chi connectivity index (χ1) is 9.56. The van der Waals surface area contributed by atoms with Crippen molar-refractivity contribution in [3.05, 3.63) is 16.1 Å². The monoisotopic (exact) mass is 296 g/mol. The van der Waals surface area contributed by atoms with Crippen molar-refractivity contribution < 1.29 is 19.5 Å². The maximum Gasteiger partial charge on any atom is 0.355 e. The first-order valence-corrected chi connectivity index (χ1v) is 6.75. The molecule has 0 bridgehead atoms. The average Bonchev–Trinajstić information content (AvgIpc) is 2.88. The summed E-state index contributed by atoms with van der Waals surface area (Å²) in [6.07, 6.45) is 1.02. The molecule has 1 aliphatic rings. The van der Waals surface area contributed by atoms with E-state index >= 15 is 0 Å². The predicted molar refractivity (Wildman–Crippen MR) is 70.6 cm³/mol. The molecule has 0 aromatic carbocycles. The Labute approximate surface area is 117 Å². The van der Waals surface area contributed by atoms with Gasteiger partial charge in [0, 0.05) is 31.2 Å². The molecule has 3 N–H and O–H groups in total. The number of hydrogen-bond donors (Lipinski definition) is 3. The molecule has 0 atom stereocenters. The van der Waals surface area contributed by atoms with Gasteiger partial charge >= 0.3 is 5.97 Å². The van der Waals surface area contributed by atoms with Gasteiger partial charge in [-0.15, -0.1) is 11.3 Å². The third-order valence-electron chi connectivity index (χ3n) is 2.56. The van der Waals surface area contributed by atoms with Gasteiger partial charge in [0.15, 0.2) is 5.69 Å². The van der Waals surface area contributed by atoms with Crippen molar-refractivity contribution >= 4 is 34.8 Å². The van der Waals surface area contributed by atoms with E-state index in [1.54, 1.807) is 0 Å². The number of nitrogens with zero attached hydrogens (tertiary/aromatic N) is 2. The van der Waals surface area contributed by atoms with Crippen molar-refractivity contribution in [2.75, 3.05) is 6.54 Å². The molecule has 8 nitrogen and oxygen atoms in total. The Morgan fingerprint density at radius 2 is 2.25 bits per heavy atom. The van der Waals surface area contributed by atoms with Crippen LogP contribution in [0.4, 0.5) is 0 Å². The molecule has 0 fully saturated rings. The lowest BCUT2D eigenvalue weighted by molar-refractivity contribution is -0.121. The highest BCUT2D eigenvalue weighted by Gasteiger charge is 2.17. The molecule has 0 unspecified atom stereocenters. The summed E-state index contributed by atoms with van der Waals surface area (Å²) in [5, 5.41) is 17.2. The molecule has 0 saturated heterocycles. The molecular formula is C11H12N4O4S. The molecular weight excluding hydrogens is 284 g/mol. The Hall–Kier alpha value is -2.29. The molecule has 1 aromatic rings. The number of carbonyl (C=O) groups excluding carboxylic acids is 2. The number of thiazole rings is 1. The summed E-state index contributed by atoms with van der Waals surface area (Å²) >= 11 is 1.23. The van der Waals surface area contributed by atoms with Crippen molar-refractivity contribution in [2.24, 2.45) is 5.10 Å². The standard InChI is InChI=1S/C11H12N4O4S/c16-8-2-1-6(14-15-8)10(17)12-4-3-9-13-7(5-20-9)11(18)19/h5H,1-4H2,(H,12,17)(H,15,16)(H,18,19). The number of carboxylic acid groups (broad SMARTS) is 1. The van der Waals surface area contributed by atoms with Crippen LogP contribution in [0.5, 0.6) is 0 Å². The Kier molecular flexibility index (Phi) is 4.41. The summed E-state index contributed by atoms with van der Waals surface area (Å²) in [5.41, 5.74) is 2.55. The van der Waals surface area contributed by atoms with E-state index < -0.39 is 5.97 Å². The van der Waals surface area contributed by atoms with Crippen molar-refractivity contribution in [2.45, 2.75) is 19.3 Å². The molecule has 0 saturated carbocycles. The first-order valence-electron chi connectivity index (χ1n) is 5.87. The molecule has 9 heteroatoms. The van der Waals surface area contributed by atoms with E-state index in [1.165, 1.54) is 16.7 Å². The van der Waals surface area contributed by atoms with Gasteiger partial charge in [0.05, 0.1) is 5.01 Å². The number of amides is 2. The van der Waals surface area contributed by atoms with Crippen LogP contribution in [0.3, 0.4) is 0 Å². The van der Waals surface area contributed by atoms with Crippen LogP contribution in [0.25, 0.3) is 0 Å². The Balaban J connectivity index is 1.79. The predicted octanol–water partition coefficient (Wildman–Crippen LogP) is -0.234. The molecule has 0 radical (unpaired) electrons. The second-order valence-corrected chi connectivity index (χ2v) is 4.97. The number of aromatic nitrogens is 1. The third kappa shape index (κ3) is 3.60. The normalized spacial score (nSPS) is 14.4. The van der Waals surface area contributed by atoms with Crippen LogP contribution in [0.1, 0.15) is 28.3 Å². The summed E-state index contributed by atoms with van der Waals surface area (Å²) in [6.45, 7) is 0.332. The Bertz CT molecular complexity index is 581. The molecule has 20 heavy (non-hydrogen) atoms. The van der Waals surface area contributed by atoms with E-state index in [-0.39, 0.29) is 29.6 Å². The van der Waals surface area contributed by atoms with E-state index in [9.17, 15) is 14.4 Å². The number of hydrazone groups is 1. The molecule has 1 aromatic heterocycles. The zero-order chi connectivity index (χ0) is 14.5. The van der Waals surface area contributed by atoms with Crippen molar-refractivity contribution in [1.29, 1.82) is 0 Å². The molecule has 106 valence electrons. The van der Waals surface area contributed by atoms with Crippen LogP contribution < -0.4 is 10.7 Å².